The first-order valence-corrected chi connectivity index (χ1v) is 5.18. The second kappa shape index (κ2) is 5.32. The fraction of sp³-hybridized carbons (Fsp3) is 0.900. The Morgan fingerprint density at radius 2 is 2.36 bits per heavy atom. The molecule has 1 rings (SSSR count). The van der Waals surface area contributed by atoms with Crippen LogP contribution < -0.4 is 0 Å². The van der Waals surface area contributed by atoms with E-state index in [1.807, 2.05) is 18.7 Å². The minimum atomic E-state index is -0.194. The van der Waals surface area contributed by atoms with E-state index in [2.05, 4.69) is 0 Å². The number of likely N-dealkylation sites (tertiary alicyclic amines) is 1. The molecule has 4 heteroatoms. The smallest absolute Gasteiger partial charge is 0.320 e. The predicted molar refractivity (Wildman–Crippen MR) is 52.9 cm³/mol. The molecule has 0 bridgehead atoms. The number of hydrogen-bond donors (Lipinski definition) is 1. The van der Waals surface area contributed by atoms with Gasteiger partial charge in [0.15, 0.2) is 0 Å². The lowest BCUT2D eigenvalue weighted by Crippen LogP contribution is -2.37. The minimum absolute atomic E-state index is 0.0577. The molecule has 0 amide bonds. The summed E-state index contributed by atoms with van der Waals surface area (Å²) in [5.41, 5.74) is 0. The summed E-state index contributed by atoms with van der Waals surface area (Å²) in [6.07, 6.45) is 1.98. The van der Waals surface area contributed by atoms with Gasteiger partial charge >= 0.3 is 5.97 Å². The molecule has 14 heavy (non-hydrogen) atoms. The molecule has 0 aromatic carbocycles. The number of aliphatic hydroxyl groups is 1. The maximum Gasteiger partial charge on any atom is 0.320 e. The molecule has 1 unspecified atom stereocenters. The monoisotopic (exact) mass is 201 g/mol. The highest BCUT2D eigenvalue weighted by molar-refractivity contribution is 5.71. The molecule has 1 N–H and O–H groups in total. The van der Waals surface area contributed by atoms with Crippen LogP contribution in [0.15, 0.2) is 0 Å². The molecule has 1 aliphatic rings. The van der Waals surface area contributed by atoms with E-state index < -0.39 is 0 Å². The van der Waals surface area contributed by atoms with E-state index in [1.165, 1.54) is 0 Å². The van der Waals surface area contributed by atoms with E-state index in [4.69, 9.17) is 9.84 Å². The Morgan fingerprint density at radius 1 is 1.64 bits per heavy atom. The molecule has 1 heterocycles. The van der Waals surface area contributed by atoms with Crippen LogP contribution in [0, 0.1) is 0 Å². The van der Waals surface area contributed by atoms with Gasteiger partial charge in [0.1, 0.15) is 0 Å². The molecule has 0 aliphatic carbocycles. The van der Waals surface area contributed by atoms with Crippen LogP contribution in [-0.4, -0.2) is 47.8 Å². The molecular weight excluding hydrogens is 182 g/mol. The summed E-state index contributed by atoms with van der Waals surface area (Å²) in [6, 6.07) is 0.148. The summed E-state index contributed by atoms with van der Waals surface area (Å²) in [4.78, 5) is 13.3. The molecule has 82 valence electrons. The Balaban J connectivity index is 2.32. The summed E-state index contributed by atoms with van der Waals surface area (Å²) < 4.78 is 5.04. The number of aliphatic hydroxyl groups excluding tert-OH is 1. The minimum Gasteiger partial charge on any atom is -0.462 e. The van der Waals surface area contributed by atoms with Crippen LogP contribution in [0.4, 0.5) is 0 Å². The van der Waals surface area contributed by atoms with Crippen molar-refractivity contribution in [2.24, 2.45) is 0 Å². The van der Waals surface area contributed by atoms with Gasteiger partial charge < -0.3 is 9.84 Å². The topological polar surface area (TPSA) is 49.8 Å². The second-order valence-electron chi connectivity index (χ2n) is 3.99. The Labute approximate surface area is 84.8 Å². The number of rotatable bonds is 4. The van der Waals surface area contributed by atoms with E-state index in [-0.39, 0.29) is 24.7 Å². The normalized spacial score (nSPS) is 23.0. The van der Waals surface area contributed by atoms with E-state index in [0.29, 0.717) is 6.54 Å². The molecule has 0 radical (unpaired) electrons. The zero-order valence-electron chi connectivity index (χ0n) is 8.90. The molecule has 0 spiro atoms. The van der Waals surface area contributed by atoms with E-state index in [1.54, 1.807) is 0 Å². The van der Waals surface area contributed by atoms with Gasteiger partial charge in [0.25, 0.3) is 0 Å². The molecule has 1 saturated heterocycles. The van der Waals surface area contributed by atoms with Crippen LogP contribution in [0.25, 0.3) is 0 Å². The Hall–Kier alpha value is -0.610. The molecular formula is C10H19NO3. The third kappa shape index (κ3) is 3.27. The van der Waals surface area contributed by atoms with Crippen molar-refractivity contribution in [3.05, 3.63) is 0 Å². The van der Waals surface area contributed by atoms with Crippen molar-refractivity contribution in [1.29, 1.82) is 0 Å². The maximum absolute atomic E-state index is 11.3. The molecule has 1 fully saturated rings. The van der Waals surface area contributed by atoms with Gasteiger partial charge in [-0.3, -0.25) is 9.69 Å². The SMILES string of the molecule is CC(C)OC(=O)CN1CCCC1CO. The predicted octanol–water partition coefficient (Wildman–Crippen LogP) is 0.395. The van der Waals surface area contributed by atoms with Gasteiger partial charge in [-0.05, 0) is 33.2 Å². The molecule has 0 saturated carbocycles. The van der Waals surface area contributed by atoms with E-state index in [9.17, 15) is 4.79 Å². The average Bonchev–Trinajstić information content (AvgIpc) is 2.50. The van der Waals surface area contributed by atoms with Crippen molar-refractivity contribution in [3.8, 4) is 0 Å². The fourth-order valence-electron chi connectivity index (χ4n) is 1.78. The maximum atomic E-state index is 11.3. The summed E-state index contributed by atoms with van der Waals surface area (Å²) in [5.74, 6) is -0.194. The highest BCUT2D eigenvalue weighted by atomic mass is 16.5. The molecule has 0 aromatic heterocycles. The van der Waals surface area contributed by atoms with Gasteiger partial charge in [0, 0.05) is 6.04 Å². The Bertz CT molecular complexity index is 194. The van der Waals surface area contributed by atoms with Gasteiger partial charge in [0.2, 0.25) is 0 Å². The summed E-state index contributed by atoms with van der Waals surface area (Å²) in [6.45, 7) is 5.01. The molecule has 1 atom stereocenters. The third-order valence-corrected chi connectivity index (χ3v) is 2.41. The van der Waals surface area contributed by atoms with Crippen LogP contribution >= 0.6 is 0 Å². The number of esters is 1. The van der Waals surface area contributed by atoms with Crippen molar-refractivity contribution in [2.75, 3.05) is 19.7 Å². The van der Waals surface area contributed by atoms with Gasteiger partial charge in [-0.25, -0.2) is 0 Å². The standard InChI is InChI=1S/C10H19NO3/c1-8(2)14-10(13)6-11-5-3-4-9(11)7-12/h8-9,12H,3-7H2,1-2H3. The lowest BCUT2D eigenvalue weighted by Gasteiger charge is -2.21. The second-order valence-corrected chi connectivity index (χ2v) is 3.99. The number of hydrogen-bond acceptors (Lipinski definition) is 4. The first-order valence-electron chi connectivity index (χ1n) is 5.18. The van der Waals surface area contributed by atoms with E-state index >= 15 is 0 Å². The third-order valence-electron chi connectivity index (χ3n) is 2.41. The lowest BCUT2D eigenvalue weighted by molar-refractivity contribution is -0.149. The van der Waals surface area contributed by atoms with Gasteiger partial charge in [-0.15, -0.1) is 0 Å². The largest absolute Gasteiger partial charge is 0.462 e. The molecule has 4 nitrogen and oxygen atoms in total. The first kappa shape index (κ1) is 11.5. The fourth-order valence-corrected chi connectivity index (χ4v) is 1.78. The van der Waals surface area contributed by atoms with Crippen LogP contribution in [0.5, 0.6) is 0 Å². The van der Waals surface area contributed by atoms with Gasteiger partial charge in [-0.1, -0.05) is 0 Å². The summed E-state index contributed by atoms with van der Waals surface area (Å²) in [7, 11) is 0. The van der Waals surface area contributed by atoms with Gasteiger partial charge in [0.05, 0.1) is 19.3 Å². The molecule has 0 aromatic rings. The van der Waals surface area contributed by atoms with Crippen molar-refractivity contribution in [3.63, 3.8) is 0 Å². The summed E-state index contributed by atoms with van der Waals surface area (Å²) >= 11 is 0. The Morgan fingerprint density at radius 3 is 2.93 bits per heavy atom. The van der Waals surface area contributed by atoms with Crippen LogP contribution in [0.3, 0.4) is 0 Å². The van der Waals surface area contributed by atoms with Crippen LogP contribution in [-0.2, 0) is 9.53 Å². The van der Waals surface area contributed by atoms with Gasteiger partial charge in [-0.2, -0.15) is 0 Å². The zero-order valence-corrected chi connectivity index (χ0v) is 8.90. The van der Waals surface area contributed by atoms with Crippen molar-refractivity contribution < 1.29 is 14.6 Å². The zero-order chi connectivity index (χ0) is 10.6. The highest BCUT2D eigenvalue weighted by Gasteiger charge is 2.25. The highest BCUT2D eigenvalue weighted by Crippen LogP contribution is 2.16. The average molecular weight is 201 g/mol. The lowest BCUT2D eigenvalue weighted by atomic mass is 10.2. The number of ether oxygens (including phenoxy) is 1. The van der Waals surface area contributed by atoms with Crippen molar-refractivity contribution in [2.45, 2.75) is 38.8 Å². The quantitative estimate of drug-likeness (QED) is 0.669. The van der Waals surface area contributed by atoms with E-state index in [0.717, 1.165) is 19.4 Å². The number of carbonyl (C=O) groups excluding carboxylic acids is 1. The molecule has 1 aliphatic heterocycles. The summed E-state index contributed by atoms with van der Waals surface area (Å²) in [5, 5.41) is 9.04. The number of nitrogens with zero attached hydrogens (tertiary/aromatic N) is 1. The van der Waals surface area contributed by atoms with Crippen molar-refractivity contribution in [1.82, 2.24) is 4.90 Å². The first-order chi connectivity index (χ1) is 6.63. The van der Waals surface area contributed by atoms with Crippen molar-refractivity contribution >= 4 is 5.97 Å². The van der Waals surface area contributed by atoms with Crippen LogP contribution in [0.1, 0.15) is 26.7 Å². The number of carbonyl (C=O) groups is 1. The Kier molecular flexibility index (Phi) is 4.35. The van der Waals surface area contributed by atoms with Crippen LogP contribution in [0.2, 0.25) is 0 Å².